The van der Waals surface area contributed by atoms with Gasteiger partial charge in [0.1, 0.15) is 0 Å². The molecule has 2 aromatic carbocycles. The van der Waals surface area contributed by atoms with Crippen LogP contribution in [0, 0.1) is 5.92 Å². The normalized spacial score (nSPS) is 17.4. The highest BCUT2D eigenvalue weighted by Crippen LogP contribution is 2.24. The van der Waals surface area contributed by atoms with Gasteiger partial charge in [-0.25, -0.2) is 4.79 Å². The van der Waals surface area contributed by atoms with Crippen LogP contribution in [0.3, 0.4) is 0 Å². The summed E-state index contributed by atoms with van der Waals surface area (Å²) in [4.78, 5) is 12.1. The van der Waals surface area contributed by atoms with Gasteiger partial charge in [0.05, 0.1) is 6.10 Å². The van der Waals surface area contributed by atoms with Gasteiger partial charge < -0.3 is 15.4 Å². The molecule has 2 atom stereocenters. The third-order valence-electron chi connectivity index (χ3n) is 4.90. The molecule has 0 fully saturated rings. The number of rotatable bonds is 6. The van der Waals surface area contributed by atoms with E-state index >= 15 is 0 Å². The minimum Gasteiger partial charge on any atom is -0.375 e. The molecule has 2 aromatic rings. The summed E-state index contributed by atoms with van der Waals surface area (Å²) in [6.45, 7) is 1.17. The van der Waals surface area contributed by atoms with Crippen LogP contribution in [0.5, 0.6) is 0 Å². The van der Waals surface area contributed by atoms with E-state index < -0.39 is 0 Å². The average Bonchev–Trinajstić information content (AvgIpc) is 2.67. The molecule has 0 radical (unpaired) electrons. The predicted molar refractivity (Wildman–Crippen MR) is 99.6 cm³/mol. The summed E-state index contributed by atoms with van der Waals surface area (Å²) in [6, 6.07) is 18.4. The van der Waals surface area contributed by atoms with E-state index in [-0.39, 0.29) is 12.1 Å². The summed E-state index contributed by atoms with van der Waals surface area (Å²) in [5.41, 5.74) is 3.94. The molecule has 4 heteroatoms. The van der Waals surface area contributed by atoms with Crippen LogP contribution in [-0.2, 0) is 17.6 Å². The van der Waals surface area contributed by atoms with Crippen LogP contribution in [0.2, 0.25) is 0 Å². The summed E-state index contributed by atoms with van der Waals surface area (Å²) in [5.74, 6) is 0.507. The SMILES string of the molecule is COC(CNC(=O)NCC1CCc2ccccc2C1)c1ccccc1. The predicted octanol–water partition coefficient (Wildman–Crippen LogP) is 3.48. The number of nitrogens with one attached hydrogen (secondary N) is 2. The molecule has 2 amide bonds. The summed E-state index contributed by atoms with van der Waals surface area (Å²) < 4.78 is 5.48. The number of ether oxygens (including phenoxy) is 1. The van der Waals surface area contributed by atoms with Crippen molar-refractivity contribution in [3.63, 3.8) is 0 Å². The molecule has 1 aliphatic carbocycles. The summed E-state index contributed by atoms with van der Waals surface area (Å²) >= 11 is 0. The van der Waals surface area contributed by atoms with Crippen molar-refractivity contribution in [2.24, 2.45) is 5.92 Å². The number of carbonyl (C=O) groups excluding carboxylic acids is 1. The zero-order valence-electron chi connectivity index (χ0n) is 14.7. The third-order valence-corrected chi connectivity index (χ3v) is 4.90. The molecule has 0 saturated heterocycles. The highest BCUT2D eigenvalue weighted by molar-refractivity contribution is 5.73. The minimum atomic E-state index is -0.131. The van der Waals surface area contributed by atoms with Crippen LogP contribution >= 0.6 is 0 Å². The van der Waals surface area contributed by atoms with Gasteiger partial charge in [0, 0.05) is 20.2 Å². The lowest BCUT2D eigenvalue weighted by Gasteiger charge is -2.25. The molecule has 0 bridgehead atoms. The van der Waals surface area contributed by atoms with Crippen molar-refractivity contribution in [1.29, 1.82) is 0 Å². The second-order valence-electron chi connectivity index (χ2n) is 6.60. The van der Waals surface area contributed by atoms with Gasteiger partial charge in [0.2, 0.25) is 0 Å². The smallest absolute Gasteiger partial charge is 0.314 e. The molecule has 4 nitrogen and oxygen atoms in total. The fraction of sp³-hybridized carbons (Fsp3) is 0.381. The Kier molecular flexibility index (Phi) is 6.07. The summed E-state index contributed by atoms with van der Waals surface area (Å²) in [6.07, 6.45) is 3.14. The summed E-state index contributed by atoms with van der Waals surface area (Å²) in [5, 5.41) is 5.92. The van der Waals surface area contributed by atoms with Gasteiger partial charge in [0.25, 0.3) is 0 Å². The lowest BCUT2D eigenvalue weighted by Crippen LogP contribution is -2.41. The maximum atomic E-state index is 12.1. The van der Waals surface area contributed by atoms with Crippen LogP contribution in [0.4, 0.5) is 4.79 Å². The minimum absolute atomic E-state index is 0.128. The highest BCUT2D eigenvalue weighted by atomic mass is 16.5. The van der Waals surface area contributed by atoms with E-state index in [1.54, 1.807) is 7.11 Å². The number of urea groups is 1. The number of hydrogen-bond acceptors (Lipinski definition) is 2. The van der Waals surface area contributed by atoms with Crippen molar-refractivity contribution in [3.8, 4) is 0 Å². The molecule has 0 spiro atoms. The van der Waals surface area contributed by atoms with Crippen LogP contribution in [0.1, 0.15) is 29.2 Å². The number of hydrogen-bond donors (Lipinski definition) is 2. The van der Waals surface area contributed by atoms with E-state index in [9.17, 15) is 4.79 Å². The number of benzene rings is 2. The van der Waals surface area contributed by atoms with E-state index in [0.29, 0.717) is 19.0 Å². The van der Waals surface area contributed by atoms with E-state index in [4.69, 9.17) is 4.74 Å². The Bertz CT molecular complexity index is 687. The van der Waals surface area contributed by atoms with Crippen molar-refractivity contribution in [2.75, 3.05) is 20.2 Å². The molecular weight excluding hydrogens is 312 g/mol. The second-order valence-corrected chi connectivity index (χ2v) is 6.60. The van der Waals surface area contributed by atoms with Gasteiger partial charge in [-0.05, 0) is 41.9 Å². The summed E-state index contributed by atoms with van der Waals surface area (Å²) in [7, 11) is 1.66. The van der Waals surface area contributed by atoms with Crippen LogP contribution < -0.4 is 10.6 Å². The Morgan fingerprint density at radius 3 is 2.56 bits per heavy atom. The molecule has 0 saturated carbocycles. The van der Waals surface area contributed by atoms with Crippen molar-refractivity contribution >= 4 is 6.03 Å². The van der Waals surface area contributed by atoms with Crippen molar-refractivity contribution in [2.45, 2.75) is 25.4 Å². The highest BCUT2D eigenvalue weighted by Gasteiger charge is 2.19. The largest absolute Gasteiger partial charge is 0.375 e. The van der Waals surface area contributed by atoms with Gasteiger partial charge in [-0.2, -0.15) is 0 Å². The first-order chi connectivity index (χ1) is 12.3. The van der Waals surface area contributed by atoms with Crippen molar-refractivity contribution in [3.05, 3.63) is 71.3 Å². The van der Waals surface area contributed by atoms with E-state index in [0.717, 1.165) is 24.8 Å². The Hall–Kier alpha value is -2.33. The molecular formula is C21H26N2O2. The molecule has 3 rings (SSSR count). The molecule has 25 heavy (non-hydrogen) atoms. The standard InChI is InChI=1S/C21H26N2O2/c1-25-20(18-8-3-2-4-9-18)15-23-21(24)22-14-16-11-12-17-7-5-6-10-19(17)13-16/h2-10,16,20H,11-15H2,1H3,(H2,22,23,24). The molecule has 132 valence electrons. The lowest BCUT2D eigenvalue weighted by atomic mass is 9.84. The zero-order chi connectivity index (χ0) is 17.5. The quantitative estimate of drug-likeness (QED) is 0.847. The van der Waals surface area contributed by atoms with E-state index in [1.807, 2.05) is 30.3 Å². The van der Waals surface area contributed by atoms with Crippen LogP contribution in [0.15, 0.2) is 54.6 Å². The fourth-order valence-corrected chi connectivity index (χ4v) is 3.44. The fourth-order valence-electron chi connectivity index (χ4n) is 3.44. The second kappa shape index (κ2) is 8.67. The monoisotopic (exact) mass is 338 g/mol. The average molecular weight is 338 g/mol. The number of methoxy groups -OCH3 is 1. The molecule has 2 unspecified atom stereocenters. The van der Waals surface area contributed by atoms with Crippen molar-refractivity contribution in [1.82, 2.24) is 10.6 Å². The lowest BCUT2D eigenvalue weighted by molar-refractivity contribution is 0.104. The van der Waals surface area contributed by atoms with Gasteiger partial charge in [-0.1, -0.05) is 54.6 Å². The Morgan fingerprint density at radius 2 is 1.80 bits per heavy atom. The Morgan fingerprint density at radius 1 is 1.08 bits per heavy atom. The number of aryl methyl sites for hydroxylation is 1. The maximum Gasteiger partial charge on any atom is 0.314 e. The van der Waals surface area contributed by atoms with Gasteiger partial charge in [-0.15, -0.1) is 0 Å². The zero-order valence-corrected chi connectivity index (χ0v) is 14.7. The molecule has 0 aromatic heterocycles. The topological polar surface area (TPSA) is 50.4 Å². The number of carbonyl (C=O) groups is 1. The van der Waals surface area contributed by atoms with Crippen molar-refractivity contribution < 1.29 is 9.53 Å². The number of amides is 2. The Balaban J connectivity index is 1.43. The van der Waals surface area contributed by atoms with Gasteiger partial charge >= 0.3 is 6.03 Å². The van der Waals surface area contributed by atoms with E-state index in [1.165, 1.54) is 11.1 Å². The van der Waals surface area contributed by atoms with Gasteiger partial charge in [-0.3, -0.25) is 0 Å². The van der Waals surface area contributed by atoms with Crippen LogP contribution in [0.25, 0.3) is 0 Å². The Labute approximate surface area is 149 Å². The first-order valence-corrected chi connectivity index (χ1v) is 8.92. The van der Waals surface area contributed by atoms with Gasteiger partial charge in [0.15, 0.2) is 0 Å². The number of fused-ring (bicyclic) bond motifs is 1. The molecule has 0 aliphatic heterocycles. The molecule has 0 heterocycles. The first kappa shape index (κ1) is 17.5. The molecule has 2 N–H and O–H groups in total. The maximum absolute atomic E-state index is 12.1. The van der Waals surface area contributed by atoms with Crippen LogP contribution in [-0.4, -0.2) is 26.2 Å². The molecule has 1 aliphatic rings. The van der Waals surface area contributed by atoms with E-state index in [2.05, 4.69) is 34.9 Å². The first-order valence-electron chi connectivity index (χ1n) is 8.92. The third kappa shape index (κ3) is 4.83.